The highest BCUT2D eigenvalue weighted by molar-refractivity contribution is 9.10. The van der Waals surface area contributed by atoms with Crippen LogP contribution in [0.25, 0.3) is 0 Å². The lowest BCUT2D eigenvalue weighted by Gasteiger charge is -2.11. The average molecular weight is 378 g/mol. The molecule has 0 fully saturated rings. The molecule has 0 saturated heterocycles. The Morgan fingerprint density at radius 1 is 1.30 bits per heavy atom. The molecule has 2 aromatic rings. The summed E-state index contributed by atoms with van der Waals surface area (Å²) in [5, 5.41) is 5.97. The topological polar surface area (TPSA) is 70.2 Å². The summed E-state index contributed by atoms with van der Waals surface area (Å²) >= 11 is 3.41. The van der Waals surface area contributed by atoms with Crippen molar-refractivity contribution in [3.8, 4) is 0 Å². The van der Waals surface area contributed by atoms with Crippen molar-refractivity contribution in [1.29, 1.82) is 0 Å². The first kappa shape index (κ1) is 17.4. The second-order valence-electron chi connectivity index (χ2n) is 5.41. The summed E-state index contributed by atoms with van der Waals surface area (Å²) in [6.07, 6.45) is 1.58. The first-order chi connectivity index (χ1) is 11.0. The Morgan fingerprint density at radius 3 is 2.78 bits per heavy atom. The molecule has 0 saturated carbocycles. The highest BCUT2D eigenvalue weighted by Crippen LogP contribution is 2.20. The van der Waals surface area contributed by atoms with Gasteiger partial charge in [0.15, 0.2) is 0 Å². The summed E-state index contributed by atoms with van der Waals surface area (Å²) in [5.74, 6) is 0.195. The SMILES string of the molecule is Cc1cc(Br)ccc1NC(=O)c1ccnc(NCCN(C)C)n1. The molecular weight excluding hydrogens is 358 g/mol. The van der Waals surface area contributed by atoms with Crippen LogP contribution in [0.4, 0.5) is 11.6 Å². The molecule has 7 heteroatoms. The van der Waals surface area contributed by atoms with E-state index in [2.05, 4.69) is 41.4 Å². The number of hydrogen-bond donors (Lipinski definition) is 2. The van der Waals surface area contributed by atoms with Crippen LogP contribution in [0.1, 0.15) is 16.1 Å². The van der Waals surface area contributed by atoms with Gasteiger partial charge in [-0.05, 0) is 50.8 Å². The Hall–Kier alpha value is -1.99. The van der Waals surface area contributed by atoms with Gasteiger partial charge in [0.05, 0.1) is 0 Å². The number of rotatable bonds is 6. The summed E-state index contributed by atoms with van der Waals surface area (Å²) in [6, 6.07) is 7.29. The van der Waals surface area contributed by atoms with Crippen molar-refractivity contribution < 1.29 is 4.79 Å². The number of carbonyl (C=O) groups is 1. The largest absolute Gasteiger partial charge is 0.353 e. The van der Waals surface area contributed by atoms with Gasteiger partial charge < -0.3 is 15.5 Å². The summed E-state index contributed by atoms with van der Waals surface area (Å²) in [5.41, 5.74) is 2.07. The van der Waals surface area contributed by atoms with Gasteiger partial charge >= 0.3 is 0 Å². The van der Waals surface area contributed by atoms with Crippen molar-refractivity contribution in [2.24, 2.45) is 0 Å². The van der Waals surface area contributed by atoms with Gasteiger partial charge in [0.2, 0.25) is 5.95 Å². The Morgan fingerprint density at radius 2 is 2.09 bits per heavy atom. The van der Waals surface area contributed by atoms with Crippen LogP contribution in [-0.4, -0.2) is 48.0 Å². The van der Waals surface area contributed by atoms with Crippen LogP contribution < -0.4 is 10.6 Å². The number of nitrogens with zero attached hydrogens (tertiary/aromatic N) is 3. The Balaban J connectivity index is 2.04. The third-order valence-electron chi connectivity index (χ3n) is 3.17. The molecule has 0 spiro atoms. The van der Waals surface area contributed by atoms with Gasteiger partial charge in [-0.25, -0.2) is 9.97 Å². The number of anilines is 2. The number of benzene rings is 1. The van der Waals surface area contributed by atoms with E-state index in [0.717, 1.165) is 22.3 Å². The Kier molecular flexibility index (Phi) is 6.06. The molecule has 6 nitrogen and oxygen atoms in total. The maximum Gasteiger partial charge on any atom is 0.274 e. The fraction of sp³-hybridized carbons (Fsp3) is 0.312. The van der Waals surface area contributed by atoms with Gasteiger partial charge in [-0.15, -0.1) is 0 Å². The van der Waals surface area contributed by atoms with Gasteiger partial charge in [0.1, 0.15) is 5.69 Å². The van der Waals surface area contributed by atoms with Gasteiger partial charge in [-0.2, -0.15) is 0 Å². The first-order valence-electron chi connectivity index (χ1n) is 7.25. The van der Waals surface area contributed by atoms with Crippen LogP contribution in [-0.2, 0) is 0 Å². The smallest absolute Gasteiger partial charge is 0.274 e. The standard InChI is InChI=1S/C16H20BrN5O/c1-11-10-12(17)4-5-13(11)20-15(23)14-6-7-18-16(21-14)19-8-9-22(2)3/h4-7,10H,8-9H2,1-3H3,(H,20,23)(H,18,19,21). The molecule has 122 valence electrons. The molecule has 0 aliphatic heterocycles. The molecule has 1 aromatic carbocycles. The van der Waals surface area contributed by atoms with E-state index in [0.29, 0.717) is 18.2 Å². The van der Waals surface area contributed by atoms with Gasteiger partial charge in [-0.3, -0.25) is 4.79 Å². The Labute approximate surface area is 144 Å². The van der Waals surface area contributed by atoms with Crippen molar-refractivity contribution in [2.75, 3.05) is 37.8 Å². The maximum atomic E-state index is 12.3. The number of carbonyl (C=O) groups excluding carboxylic acids is 1. The monoisotopic (exact) mass is 377 g/mol. The third kappa shape index (κ3) is 5.30. The van der Waals surface area contributed by atoms with E-state index in [1.165, 1.54) is 0 Å². The molecule has 23 heavy (non-hydrogen) atoms. The normalized spacial score (nSPS) is 10.7. The predicted octanol–water partition coefficient (Wildman–Crippen LogP) is 2.77. The number of halogens is 1. The predicted molar refractivity (Wildman–Crippen MR) is 95.9 cm³/mol. The number of hydrogen-bond acceptors (Lipinski definition) is 5. The van der Waals surface area contributed by atoms with Crippen molar-refractivity contribution in [2.45, 2.75) is 6.92 Å². The highest BCUT2D eigenvalue weighted by atomic mass is 79.9. The van der Waals surface area contributed by atoms with E-state index >= 15 is 0 Å². The number of likely N-dealkylation sites (N-methyl/N-ethyl adjacent to an activating group) is 1. The van der Waals surface area contributed by atoms with Gasteiger partial charge in [-0.1, -0.05) is 15.9 Å². The average Bonchev–Trinajstić information content (AvgIpc) is 2.50. The van der Waals surface area contributed by atoms with Crippen LogP contribution in [0.3, 0.4) is 0 Å². The second-order valence-corrected chi connectivity index (χ2v) is 6.32. The molecule has 0 radical (unpaired) electrons. The van der Waals surface area contributed by atoms with Gasteiger partial charge in [0, 0.05) is 29.4 Å². The Bertz CT molecular complexity index is 690. The minimum atomic E-state index is -0.256. The molecule has 1 aromatic heterocycles. The number of nitrogens with one attached hydrogen (secondary N) is 2. The molecule has 0 atom stereocenters. The molecule has 1 amide bonds. The lowest BCUT2D eigenvalue weighted by atomic mass is 10.2. The zero-order valence-corrected chi connectivity index (χ0v) is 15.0. The maximum absolute atomic E-state index is 12.3. The number of aromatic nitrogens is 2. The van der Waals surface area contributed by atoms with E-state index in [-0.39, 0.29) is 5.91 Å². The minimum Gasteiger partial charge on any atom is -0.353 e. The van der Waals surface area contributed by atoms with E-state index in [1.807, 2.05) is 39.2 Å². The third-order valence-corrected chi connectivity index (χ3v) is 3.66. The van der Waals surface area contributed by atoms with Gasteiger partial charge in [0.25, 0.3) is 5.91 Å². The quantitative estimate of drug-likeness (QED) is 0.809. The molecule has 1 heterocycles. The molecule has 0 bridgehead atoms. The lowest BCUT2D eigenvalue weighted by molar-refractivity contribution is 0.102. The fourth-order valence-corrected chi connectivity index (χ4v) is 2.39. The van der Waals surface area contributed by atoms with Crippen molar-refractivity contribution in [1.82, 2.24) is 14.9 Å². The first-order valence-corrected chi connectivity index (χ1v) is 8.04. The van der Waals surface area contributed by atoms with Crippen molar-refractivity contribution in [3.63, 3.8) is 0 Å². The van der Waals surface area contributed by atoms with Crippen LogP contribution >= 0.6 is 15.9 Å². The molecule has 0 unspecified atom stereocenters. The highest BCUT2D eigenvalue weighted by Gasteiger charge is 2.10. The summed E-state index contributed by atoms with van der Waals surface area (Å²) < 4.78 is 0.974. The minimum absolute atomic E-state index is 0.256. The molecule has 2 N–H and O–H groups in total. The van der Waals surface area contributed by atoms with E-state index < -0.39 is 0 Å². The summed E-state index contributed by atoms with van der Waals surface area (Å²) in [6.45, 7) is 3.51. The van der Waals surface area contributed by atoms with Crippen LogP contribution in [0.5, 0.6) is 0 Å². The summed E-state index contributed by atoms with van der Waals surface area (Å²) in [7, 11) is 3.99. The second kappa shape index (κ2) is 8.03. The number of aryl methyl sites for hydroxylation is 1. The zero-order chi connectivity index (χ0) is 16.8. The molecule has 2 rings (SSSR count). The van der Waals surface area contributed by atoms with Crippen molar-refractivity contribution >= 4 is 33.5 Å². The van der Waals surface area contributed by atoms with E-state index in [4.69, 9.17) is 0 Å². The number of amides is 1. The van der Waals surface area contributed by atoms with E-state index in [1.54, 1.807) is 12.3 Å². The molecule has 0 aliphatic carbocycles. The van der Waals surface area contributed by atoms with E-state index in [9.17, 15) is 4.79 Å². The van der Waals surface area contributed by atoms with Crippen LogP contribution in [0, 0.1) is 6.92 Å². The zero-order valence-electron chi connectivity index (χ0n) is 13.4. The van der Waals surface area contributed by atoms with Crippen molar-refractivity contribution in [3.05, 3.63) is 46.2 Å². The summed E-state index contributed by atoms with van der Waals surface area (Å²) in [4.78, 5) is 22.8. The molecular formula is C16H20BrN5O. The molecule has 0 aliphatic rings. The fourth-order valence-electron chi connectivity index (χ4n) is 1.92. The van der Waals surface area contributed by atoms with Crippen LogP contribution in [0.2, 0.25) is 0 Å². The lowest BCUT2D eigenvalue weighted by Crippen LogP contribution is -2.22. The van der Waals surface area contributed by atoms with Crippen LogP contribution in [0.15, 0.2) is 34.9 Å².